The van der Waals surface area contributed by atoms with E-state index < -0.39 is 5.97 Å². The number of rotatable bonds is 10. The molecule has 0 saturated carbocycles. The molecule has 3 aromatic rings. The van der Waals surface area contributed by atoms with Gasteiger partial charge in [0.05, 0.1) is 0 Å². The average molecular weight is 404 g/mol. The van der Waals surface area contributed by atoms with Gasteiger partial charge in [-0.1, -0.05) is 54.6 Å². The summed E-state index contributed by atoms with van der Waals surface area (Å²) in [6, 6.07) is 27.1. The molecule has 0 radical (unpaired) electrons. The second-order valence-electron chi connectivity index (χ2n) is 7.70. The van der Waals surface area contributed by atoms with Crippen LogP contribution >= 0.6 is 0 Å². The van der Waals surface area contributed by atoms with E-state index in [0.717, 1.165) is 23.4 Å². The summed E-state index contributed by atoms with van der Waals surface area (Å²) in [5.41, 5.74) is 4.61. The Hall–Kier alpha value is -3.27. The summed E-state index contributed by atoms with van der Waals surface area (Å²) in [7, 11) is 0. The predicted octanol–water partition coefficient (Wildman–Crippen LogP) is 5.70. The Morgan fingerprint density at radius 1 is 0.867 bits per heavy atom. The summed E-state index contributed by atoms with van der Waals surface area (Å²) in [6.45, 7) is 5.78. The molecule has 3 aromatic carbocycles. The molecule has 1 N–H and O–H groups in total. The molecule has 0 aromatic heterocycles. The molecule has 0 saturated heterocycles. The van der Waals surface area contributed by atoms with Crippen molar-refractivity contribution in [1.29, 1.82) is 0 Å². The highest BCUT2D eigenvalue weighted by Gasteiger charge is 2.11. The van der Waals surface area contributed by atoms with Crippen LogP contribution in [0.4, 0.5) is 5.69 Å². The molecular formula is C26H29NO3. The molecule has 0 unspecified atom stereocenters. The van der Waals surface area contributed by atoms with Crippen molar-refractivity contribution in [2.24, 2.45) is 0 Å². The second kappa shape index (κ2) is 10.5. The molecule has 0 spiro atoms. The fourth-order valence-corrected chi connectivity index (χ4v) is 3.30. The lowest BCUT2D eigenvalue weighted by Gasteiger charge is -2.29. The molecule has 0 bridgehead atoms. The normalized spacial score (nSPS) is 10.8. The van der Waals surface area contributed by atoms with Crippen molar-refractivity contribution in [1.82, 2.24) is 0 Å². The lowest BCUT2D eigenvalue weighted by Crippen LogP contribution is -2.30. The fourth-order valence-electron chi connectivity index (χ4n) is 3.30. The lowest BCUT2D eigenvalue weighted by atomic mass is 10.1. The van der Waals surface area contributed by atoms with Gasteiger partial charge >= 0.3 is 5.97 Å². The van der Waals surface area contributed by atoms with E-state index in [9.17, 15) is 4.79 Å². The van der Waals surface area contributed by atoms with E-state index in [-0.39, 0.29) is 6.42 Å². The van der Waals surface area contributed by atoms with Crippen LogP contribution in [-0.2, 0) is 24.4 Å². The van der Waals surface area contributed by atoms with Crippen LogP contribution in [0, 0.1) is 0 Å². The number of aliphatic carboxylic acids is 1. The predicted molar refractivity (Wildman–Crippen MR) is 121 cm³/mol. The molecule has 156 valence electrons. The van der Waals surface area contributed by atoms with Crippen LogP contribution in [0.3, 0.4) is 0 Å². The summed E-state index contributed by atoms with van der Waals surface area (Å²) in [5, 5.41) is 8.76. The molecule has 0 amide bonds. The Morgan fingerprint density at radius 3 is 2.07 bits per heavy atom. The quantitative estimate of drug-likeness (QED) is 0.472. The first-order chi connectivity index (χ1) is 14.5. The van der Waals surface area contributed by atoms with Gasteiger partial charge in [-0.3, -0.25) is 4.79 Å². The van der Waals surface area contributed by atoms with E-state index >= 15 is 0 Å². The van der Waals surface area contributed by atoms with Crippen LogP contribution in [0.25, 0.3) is 0 Å². The summed E-state index contributed by atoms with van der Waals surface area (Å²) in [6.07, 6.45) is 0.679. The van der Waals surface area contributed by atoms with Gasteiger partial charge in [0.1, 0.15) is 12.4 Å². The first-order valence-corrected chi connectivity index (χ1v) is 10.3. The van der Waals surface area contributed by atoms with Crippen LogP contribution in [0.5, 0.6) is 5.75 Å². The Kier molecular flexibility index (Phi) is 7.50. The van der Waals surface area contributed by atoms with E-state index in [1.165, 1.54) is 11.3 Å². The Balaban J connectivity index is 1.55. The topological polar surface area (TPSA) is 49.8 Å². The third kappa shape index (κ3) is 6.38. The molecule has 3 rings (SSSR count). The van der Waals surface area contributed by atoms with Gasteiger partial charge < -0.3 is 14.7 Å². The number of hydrogen-bond acceptors (Lipinski definition) is 3. The molecular weight excluding hydrogens is 374 g/mol. The van der Waals surface area contributed by atoms with E-state index in [1.807, 2.05) is 30.3 Å². The fraction of sp³-hybridized carbons (Fsp3) is 0.269. The molecule has 0 fully saturated rings. The molecule has 0 aliphatic carbocycles. The van der Waals surface area contributed by atoms with Crippen molar-refractivity contribution in [3.63, 3.8) is 0 Å². The average Bonchev–Trinajstić information content (AvgIpc) is 2.76. The number of aryl methyl sites for hydroxylation is 1. The molecule has 30 heavy (non-hydrogen) atoms. The first kappa shape index (κ1) is 21.4. The van der Waals surface area contributed by atoms with Gasteiger partial charge in [-0.05, 0) is 61.2 Å². The van der Waals surface area contributed by atoms with Crippen molar-refractivity contribution in [2.75, 3.05) is 4.90 Å². The summed E-state index contributed by atoms with van der Waals surface area (Å²) < 4.78 is 5.87. The highest BCUT2D eigenvalue weighted by atomic mass is 16.5. The maximum Gasteiger partial charge on any atom is 0.303 e. The number of hydrogen-bond donors (Lipinski definition) is 1. The highest BCUT2D eigenvalue weighted by Crippen LogP contribution is 2.20. The zero-order chi connectivity index (χ0) is 21.3. The Labute approximate surface area is 178 Å². The van der Waals surface area contributed by atoms with Gasteiger partial charge in [0.25, 0.3) is 0 Å². The highest BCUT2D eigenvalue weighted by molar-refractivity contribution is 5.67. The van der Waals surface area contributed by atoms with Crippen molar-refractivity contribution in [3.8, 4) is 5.75 Å². The van der Waals surface area contributed by atoms with Gasteiger partial charge in [0.15, 0.2) is 0 Å². The van der Waals surface area contributed by atoms with Crippen molar-refractivity contribution >= 4 is 11.7 Å². The van der Waals surface area contributed by atoms with Crippen molar-refractivity contribution in [3.05, 3.63) is 95.6 Å². The smallest absolute Gasteiger partial charge is 0.303 e. The van der Waals surface area contributed by atoms with Gasteiger partial charge in [-0.2, -0.15) is 0 Å². The number of benzene rings is 3. The van der Waals surface area contributed by atoms with Crippen molar-refractivity contribution in [2.45, 2.75) is 45.9 Å². The third-order valence-corrected chi connectivity index (χ3v) is 5.04. The molecule has 0 aliphatic rings. The van der Waals surface area contributed by atoms with Crippen LogP contribution in [0.2, 0.25) is 0 Å². The Bertz CT molecular complexity index is 919. The second-order valence-corrected chi connectivity index (χ2v) is 7.70. The zero-order valence-electron chi connectivity index (χ0n) is 17.6. The molecule has 0 heterocycles. The number of ether oxygens (including phenoxy) is 1. The summed E-state index contributed by atoms with van der Waals surface area (Å²) in [5.74, 6) is 0.00673. The minimum Gasteiger partial charge on any atom is -0.489 e. The standard InChI is InChI=1S/C26H29NO3/c1-20(2)27(24-6-4-3-5-7-24)18-22-8-10-23(11-9-22)19-30-25-15-12-21(13-16-25)14-17-26(28)29/h3-13,15-16,20H,14,17-19H2,1-2H3,(H,28,29). The van der Waals surface area contributed by atoms with Gasteiger partial charge in [-0.15, -0.1) is 0 Å². The minimum atomic E-state index is -0.779. The first-order valence-electron chi connectivity index (χ1n) is 10.3. The zero-order valence-corrected chi connectivity index (χ0v) is 17.6. The number of carboxylic acid groups (broad SMARTS) is 1. The van der Waals surface area contributed by atoms with Crippen molar-refractivity contribution < 1.29 is 14.6 Å². The van der Waals surface area contributed by atoms with Crippen LogP contribution < -0.4 is 9.64 Å². The minimum absolute atomic E-state index is 0.144. The molecule has 4 nitrogen and oxygen atoms in total. The van der Waals surface area contributed by atoms with E-state index in [4.69, 9.17) is 9.84 Å². The van der Waals surface area contributed by atoms with E-state index in [1.54, 1.807) is 0 Å². The summed E-state index contributed by atoms with van der Waals surface area (Å²) in [4.78, 5) is 13.0. The number of carboxylic acids is 1. The van der Waals surface area contributed by atoms with Crippen LogP contribution in [0.15, 0.2) is 78.9 Å². The maximum absolute atomic E-state index is 10.7. The van der Waals surface area contributed by atoms with Gasteiger partial charge in [-0.25, -0.2) is 0 Å². The third-order valence-electron chi connectivity index (χ3n) is 5.04. The number of nitrogens with zero attached hydrogens (tertiary/aromatic N) is 1. The SMILES string of the molecule is CC(C)N(Cc1ccc(COc2ccc(CCC(=O)O)cc2)cc1)c1ccccc1. The molecule has 0 aliphatic heterocycles. The van der Waals surface area contributed by atoms with Gasteiger partial charge in [0.2, 0.25) is 0 Å². The number of carbonyl (C=O) groups is 1. The largest absolute Gasteiger partial charge is 0.489 e. The number of anilines is 1. The van der Waals surface area contributed by atoms with E-state index in [0.29, 0.717) is 19.1 Å². The molecule has 4 heteroatoms. The van der Waals surface area contributed by atoms with Gasteiger partial charge in [0, 0.05) is 24.7 Å². The monoisotopic (exact) mass is 403 g/mol. The van der Waals surface area contributed by atoms with Crippen LogP contribution in [-0.4, -0.2) is 17.1 Å². The van der Waals surface area contributed by atoms with Crippen LogP contribution in [0.1, 0.15) is 37.0 Å². The van der Waals surface area contributed by atoms with E-state index in [2.05, 4.69) is 67.3 Å². The maximum atomic E-state index is 10.7. The molecule has 0 atom stereocenters. The lowest BCUT2D eigenvalue weighted by molar-refractivity contribution is -0.136. The Morgan fingerprint density at radius 2 is 1.47 bits per heavy atom. The summed E-state index contributed by atoms with van der Waals surface area (Å²) >= 11 is 0. The number of para-hydroxylation sites is 1.